The number of hydrogen-bond donors (Lipinski definition) is 0. The number of rotatable bonds is 2. The van der Waals surface area contributed by atoms with E-state index in [9.17, 15) is 4.39 Å². The van der Waals surface area contributed by atoms with Crippen molar-refractivity contribution in [3.8, 4) is 0 Å². The standard InChI is InChI=1S/C9H18FN/c1-4-9-8(10)5-6-11(9)7(2)3/h7-9H,4-6H2,1-3H3/t8-,9+/m0/s1. The topological polar surface area (TPSA) is 3.24 Å². The highest BCUT2D eigenvalue weighted by atomic mass is 19.1. The van der Waals surface area contributed by atoms with Gasteiger partial charge in [0.15, 0.2) is 0 Å². The third-order valence-electron chi connectivity index (χ3n) is 2.59. The molecule has 1 heterocycles. The molecular weight excluding hydrogens is 141 g/mol. The summed E-state index contributed by atoms with van der Waals surface area (Å²) in [5.41, 5.74) is 0. The van der Waals surface area contributed by atoms with Gasteiger partial charge in [-0.3, -0.25) is 4.90 Å². The smallest absolute Gasteiger partial charge is 0.117 e. The van der Waals surface area contributed by atoms with Crippen LogP contribution in [0.4, 0.5) is 4.39 Å². The van der Waals surface area contributed by atoms with E-state index in [0.717, 1.165) is 19.4 Å². The first-order valence-corrected chi connectivity index (χ1v) is 4.56. The van der Waals surface area contributed by atoms with Crippen molar-refractivity contribution in [2.24, 2.45) is 0 Å². The summed E-state index contributed by atoms with van der Waals surface area (Å²) >= 11 is 0. The van der Waals surface area contributed by atoms with Crippen LogP contribution in [0, 0.1) is 0 Å². The fourth-order valence-corrected chi connectivity index (χ4v) is 1.97. The maximum Gasteiger partial charge on any atom is 0.117 e. The number of likely N-dealkylation sites (tertiary alicyclic amines) is 1. The Morgan fingerprint density at radius 1 is 1.55 bits per heavy atom. The van der Waals surface area contributed by atoms with Gasteiger partial charge >= 0.3 is 0 Å². The quantitative estimate of drug-likeness (QED) is 0.597. The van der Waals surface area contributed by atoms with E-state index in [1.165, 1.54) is 0 Å². The Balaban J connectivity index is 2.54. The van der Waals surface area contributed by atoms with Gasteiger partial charge in [-0.1, -0.05) is 6.92 Å². The maximum atomic E-state index is 13.2. The van der Waals surface area contributed by atoms with Crippen molar-refractivity contribution >= 4 is 0 Å². The molecule has 0 unspecified atom stereocenters. The minimum absolute atomic E-state index is 0.190. The molecule has 0 aromatic carbocycles. The predicted octanol–water partition coefficient (Wildman–Crippen LogP) is 2.22. The molecule has 1 aliphatic rings. The van der Waals surface area contributed by atoms with E-state index in [1.54, 1.807) is 0 Å². The molecule has 66 valence electrons. The third-order valence-corrected chi connectivity index (χ3v) is 2.59. The summed E-state index contributed by atoms with van der Waals surface area (Å²) in [5.74, 6) is 0. The van der Waals surface area contributed by atoms with Crippen molar-refractivity contribution in [1.82, 2.24) is 4.90 Å². The Bertz CT molecular complexity index is 125. The van der Waals surface area contributed by atoms with Gasteiger partial charge in [-0.25, -0.2) is 4.39 Å². The highest BCUT2D eigenvalue weighted by molar-refractivity contribution is 4.87. The molecule has 2 heteroatoms. The molecule has 11 heavy (non-hydrogen) atoms. The van der Waals surface area contributed by atoms with E-state index in [2.05, 4.69) is 25.7 Å². The monoisotopic (exact) mass is 159 g/mol. The Morgan fingerprint density at radius 3 is 2.55 bits per heavy atom. The molecule has 1 aliphatic heterocycles. The number of nitrogens with zero attached hydrogens (tertiary/aromatic N) is 1. The van der Waals surface area contributed by atoms with E-state index in [0.29, 0.717) is 6.04 Å². The van der Waals surface area contributed by atoms with Crippen molar-refractivity contribution in [1.29, 1.82) is 0 Å². The molecule has 1 fully saturated rings. The molecule has 1 nitrogen and oxygen atoms in total. The minimum Gasteiger partial charge on any atom is -0.295 e. The summed E-state index contributed by atoms with van der Waals surface area (Å²) in [6.07, 6.45) is 1.10. The first-order valence-electron chi connectivity index (χ1n) is 4.56. The number of hydrogen-bond acceptors (Lipinski definition) is 1. The molecule has 0 aliphatic carbocycles. The van der Waals surface area contributed by atoms with Gasteiger partial charge in [0.05, 0.1) is 0 Å². The molecule has 0 saturated carbocycles. The SMILES string of the molecule is CC[C@@H]1[C@@H](F)CCN1C(C)C. The van der Waals surface area contributed by atoms with E-state index >= 15 is 0 Å². The molecule has 0 radical (unpaired) electrons. The molecule has 2 atom stereocenters. The minimum atomic E-state index is -0.581. The summed E-state index contributed by atoms with van der Waals surface area (Å²) < 4.78 is 13.2. The second-order valence-corrected chi connectivity index (χ2v) is 3.61. The molecule has 0 spiro atoms. The highest BCUT2D eigenvalue weighted by Crippen LogP contribution is 2.25. The van der Waals surface area contributed by atoms with Gasteiger partial charge in [0.1, 0.15) is 6.17 Å². The molecule has 1 saturated heterocycles. The van der Waals surface area contributed by atoms with E-state index in [-0.39, 0.29) is 6.04 Å². The summed E-state index contributed by atoms with van der Waals surface area (Å²) in [4.78, 5) is 2.27. The largest absolute Gasteiger partial charge is 0.295 e. The molecule has 1 rings (SSSR count). The molecule has 0 aromatic heterocycles. The zero-order valence-electron chi connectivity index (χ0n) is 7.68. The van der Waals surface area contributed by atoms with Gasteiger partial charge < -0.3 is 0 Å². The lowest BCUT2D eigenvalue weighted by Gasteiger charge is -2.27. The van der Waals surface area contributed by atoms with Crippen molar-refractivity contribution < 1.29 is 4.39 Å². The van der Waals surface area contributed by atoms with Gasteiger partial charge in [0.2, 0.25) is 0 Å². The second-order valence-electron chi connectivity index (χ2n) is 3.61. The van der Waals surface area contributed by atoms with Crippen LogP contribution >= 0.6 is 0 Å². The van der Waals surface area contributed by atoms with Crippen LogP contribution in [-0.2, 0) is 0 Å². The van der Waals surface area contributed by atoms with Gasteiger partial charge in [-0.05, 0) is 26.7 Å². The van der Waals surface area contributed by atoms with Crippen LogP contribution in [0.15, 0.2) is 0 Å². The Hall–Kier alpha value is -0.110. The summed E-state index contributed by atoms with van der Waals surface area (Å²) in [5, 5.41) is 0. The lowest BCUT2D eigenvalue weighted by Crippen LogP contribution is -2.37. The van der Waals surface area contributed by atoms with Crippen molar-refractivity contribution in [2.45, 2.75) is 51.9 Å². The normalized spacial score (nSPS) is 33.5. The average molecular weight is 159 g/mol. The Morgan fingerprint density at radius 2 is 2.18 bits per heavy atom. The zero-order chi connectivity index (χ0) is 8.43. The Labute approximate surface area is 68.6 Å². The lowest BCUT2D eigenvalue weighted by molar-refractivity contribution is 0.156. The first-order chi connectivity index (χ1) is 5.16. The van der Waals surface area contributed by atoms with Crippen molar-refractivity contribution in [3.63, 3.8) is 0 Å². The van der Waals surface area contributed by atoms with Gasteiger partial charge in [-0.2, -0.15) is 0 Å². The van der Waals surface area contributed by atoms with Crippen LogP contribution < -0.4 is 0 Å². The summed E-state index contributed by atoms with van der Waals surface area (Å²) in [6, 6.07) is 0.690. The lowest BCUT2D eigenvalue weighted by atomic mass is 10.1. The van der Waals surface area contributed by atoms with E-state index in [4.69, 9.17) is 0 Å². The highest BCUT2D eigenvalue weighted by Gasteiger charge is 2.33. The molecule has 0 N–H and O–H groups in total. The van der Waals surface area contributed by atoms with E-state index in [1.807, 2.05) is 0 Å². The maximum absolute atomic E-state index is 13.2. The number of halogens is 1. The van der Waals surface area contributed by atoms with Gasteiger partial charge in [0.25, 0.3) is 0 Å². The second kappa shape index (κ2) is 3.53. The van der Waals surface area contributed by atoms with Crippen LogP contribution in [0.1, 0.15) is 33.6 Å². The average Bonchev–Trinajstić information content (AvgIpc) is 2.30. The number of alkyl halides is 1. The van der Waals surface area contributed by atoms with Crippen LogP contribution in [0.5, 0.6) is 0 Å². The van der Waals surface area contributed by atoms with E-state index < -0.39 is 6.17 Å². The fraction of sp³-hybridized carbons (Fsp3) is 1.00. The molecule has 0 bridgehead atoms. The summed E-state index contributed by atoms with van der Waals surface area (Å²) in [6.45, 7) is 7.29. The van der Waals surface area contributed by atoms with Crippen LogP contribution in [-0.4, -0.2) is 29.7 Å². The third kappa shape index (κ3) is 1.73. The van der Waals surface area contributed by atoms with Crippen LogP contribution in [0.25, 0.3) is 0 Å². The van der Waals surface area contributed by atoms with Gasteiger partial charge in [-0.15, -0.1) is 0 Å². The fourth-order valence-electron chi connectivity index (χ4n) is 1.97. The Kier molecular flexibility index (Phi) is 2.88. The van der Waals surface area contributed by atoms with Crippen molar-refractivity contribution in [3.05, 3.63) is 0 Å². The first kappa shape index (κ1) is 8.98. The molecule has 0 amide bonds. The predicted molar refractivity (Wildman–Crippen MR) is 45.4 cm³/mol. The van der Waals surface area contributed by atoms with Crippen LogP contribution in [0.2, 0.25) is 0 Å². The molecule has 0 aromatic rings. The van der Waals surface area contributed by atoms with Crippen LogP contribution in [0.3, 0.4) is 0 Å². The van der Waals surface area contributed by atoms with Crippen molar-refractivity contribution in [2.75, 3.05) is 6.54 Å². The zero-order valence-corrected chi connectivity index (χ0v) is 7.68. The molecular formula is C9H18FN. The van der Waals surface area contributed by atoms with Gasteiger partial charge in [0, 0.05) is 18.6 Å². The summed E-state index contributed by atoms with van der Waals surface area (Å²) in [7, 11) is 0.